The average Bonchev–Trinajstić information content (AvgIpc) is 3.01. The third-order valence-electron chi connectivity index (χ3n) is 3.96. The van der Waals surface area contributed by atoms with E-state index in [4.69, 9.17) is 0 Å². The van der Waals surface area contributed by atoms with E-state index < -0.39 is 0 Å². The molecule has 5 nitrogen and oxygen atoms in total. The van der Waals surface area contributed by atoms with Crippen LogP contribution in [0.15, 0.2) is 36.8 Å². The summed E-state index contributed by atoms with van der Waals surface area (Å²) in [7, 11) is 2.21. The van der Waals surface area contributed by atoms with Crippen molar-refractivity contribution < 1.29 is 0 Å². The quantitative estimate of drug-likeness (QED) is 0.925. The summed E-state index contributed by atoms with van der Waals surface area (Å²) in [6.07, 6.45) is 9.40. The van der Waals surface area contributed by atoms with Gasteiger partial charge >= 0.3 is 0 Å². The zero-order valence-electron chi connectivity index (χ0n) is 11.9. The molecule has 1 saturated heterocycles. The second-order valence-electron chi connectivity index (χ2n) is 5.34. The van der Waals surface area contributed by atoms with Crippen LogP contribution in [0.4, 0.5) is 5.69 Å². The van der Waals surface area contributed by atoms with Gasteiger partial charge in [0.15, 0.2) is 5.82 Å². The summed E-state index contributed by atoms with van der Waals surface area (Å²) in [6, 6.07) is 6.54. The Morgan fingerprint density at radius 1 is 1.30 bits per heavy atom. The normalized spacial score (nSPS) is 19.9. The number of hydrogen-bond donors (Lipinski definition) is 1. The lowest BCUT2D eigenvalue weighted by molar-refractivity contribution is 0.194. The number of pyridine rings is 1. The molecule has 20 heavy (non-hydrogen) atoms. The fraction of sp³-hybridized carbons (Fsp3) is 0.467. The molecule has 1 aliphatic rings. The zero-order chi connectivity index (χ0) is 13.8. The van der Waals surface area contributed by atoms with Crippen molar-refractivity contribution >= 4 is 5.69 Å². The lowest BCUT2D eigenvalue weighted by atomic mass is 10.0. The van der Waals surface area contributed by atoms with Gasteiger partial charge in [-0.1, -0.05) is 6.42 Å². The molecule has 1 unspecified atom stereocenters. The van der Waals surface area contributed by atoms with E-state index in [0.29, 0.717) is 6.04 Å². The highest BCUT2D eigenvalue weighted by Crippen LogP contribution is 2.19. The molecule has 1 fully saturated rings. The number of piperidine rings is 1. The minimum absolute atomic E-state index is 0.606. The third kappa shape index (κ3) is 2.82. The number of nitrogens with zero attached hydrogens (tertiary/aromatic N) is 4. The first-order valence-corrected chi connectivity index (χ1v) is 7.24. The molecule has 0 saturated carbocycles. The molecule has 2 aromatic rings. The standard InChI is InChI=1S/C15H21N5/c1-19-10-3-2-6-13(19)12-17-14-7-4-8-16-15(14)20-11-5-9-18-20/h4-5,7-9,11,13,17H,2-3,6,10,12H2,1H3. The topological polar surface area (TPSA) is 46.0 Å². The van der Waals surface area contributed by atoms with Crippen molar-refractivity contribution in [3.05, 3.63) is 36.8 Å². The van der Waals surface area contributed by atoms with Crippen molar-refractivity contribution in [1.29, 1.82) is 0 Å². The summed E-state index contributed by atoms with van der Waals surface area (Å²) in [6.45, 7) is 2.15. The second kappa shape index (κ2) is 6.05. The van der Waals surface area contributed by atoms with E-state index in [2.05, 4.69) is 33.4 Å². The number of hydrogen-bond acceptors (Lipinski definition) is 4. The molecular formula is C15H21N5. The molecular weight excluding hydrogens is 250 g/mol. The lowest BCUT2D eigenvalue weighted by Gasteiger charge is -2.32. The smallest absolute Gasteiger partial charge is 0.176 e. The Kier molecular flexibility index (Phi) is 3.97. The first kappa shape index (κ1) is 13.1. The molecule has 0 radical (unpaired) electrons. The van der Waals surface area contributed by atoms with Gasteiger partial charge in [-0.3, -0.25) is 0 Å². The number of likely N-dealkylation sites (N-methyl/N-ethyl adjacent to an activating group) is 1. The van der Waals surface area contributed by atoms with Gasteiger partial charge in [-0.25, -0.2) is 9.67 Å². The van der Waals surface area contributed by atoms with Crippen molar-refractivity contribution in [3.8, 4) is 5.82 Å². The largest absolute Gasteiger partial charge is 0.380 e. The SMILES string of the molecule is CN1CCCCC1CNc1cccnc1-n1cccn1. The van der Waals surface area contributed by atoms with E-state index in [9.17, 15) is 0 Å². The number of aromatic nitrogens is 3. The predicted octanol–water partition coefficient (Wildman–Crippen LogP) is 2.16. The van der Waals surface area contributed by atoms with Gasteiger partial charge in [0.2, 0.25) is 0 Å². The van der Waals surface area contributed by atoms with Crippen LogP contribution in [0.2, 0.25) is 0 Å². The van der Waals surface area contributed by atoms with Gasteiger partial charge in [-0.15, -0.1) is 0 Å². The second-order valence-corrected chi connectivity index (χ2v) is 5.34. The van der Waals surface area contributed by atoms with Crippen LogP contribution in [0, 0.1) is 0 Å². The van der Waals surface area contributed by atoms with Crippen LogP contribution in [0.25, 0.3) is 5.82 Å². The van der Waals surface area contributed by atoms with Crippen molar-refractivity contribution in [3.63, 3.8) is 0 Å². The van der Waals surface area contributed by atoms with Crippen molar-refractivity contribution in [1.82, 2.24) is 19.7 Å². The van der Waals surface area contributed by atoms with Crippen LogP contribution in [-0.2, 0) is 0 Å². The molecule has 3 rings (SSSR count). The number of likely N-dealkylation sites (tertiary alicyclic amines) is 1. The maximum Gasteiger partial charge on any atom is 0.176 e. The minimum Gasteiger partial charge on any atom is -0.380 e. The van der Waals surface area contributed by atoms with E-state index in [-0.39, 0.29) is 0 Å². The maximum atomic E-state index is 4.43. The summed E-state index contributed by atoms with van der Waals surface area (Å²) in [5.74, 6) is 0.857. The summed E-state index contributed by atoms with van der Waals surface area (Å²) < 4.78 is 1.80. The first-order valence-electron chi connectivity index (χ1n) is 7.24. The molecule has 1 N–H and O–H groups in total. The molecule has 5 heteroatoms. The Bertz CT molecular complexity index is 537. The van der Waals surface area contributed by atoms with Gasteiger partial charge in [0.05, 0.1) is 5.69 Å². The fourth-order valence-electron chi connectivity index (χ4n) is 2.74. The summed E-state index contributed by atoms with van der Waals surface area (Å²) in [5.41, 5.74) is 1.04. The van der Waals surface area contributed by atoms with Crippen LogP contribution < -0.4 is 5.32 Å². The van der Waals surface area contributed by atoms with Crippen molar-refractivity contribution in [2.45, 2.75) is 25.3 Å². The molecule has 0 spiro atoms. The Morgan fingerprint density at radius 2 is 2.25 bits per heavy atom. The molecule has 3 heterocycles. The molecule has 0 bridgehead atoms. The number of anilines is 1. The van der Waals surface area contributed by atoms with E-state index in [1.807, 2.05) is 18.3 Å². The van der Waals surface area contributed by atoms with Gasteiger partial charge in [0, 0.05) is 31.2 Å². The van der Waals surface area contributed by atoms with Crippen LogP contribution in [0.3, 0.4) is 0 Å². The van der Waals surface area contributed by atoms with Crippen LogP contribution in [0.5, 0.6) is 0 Å². The van der Waals surface area contributed by atoms with Crippen LogP contribution >= 0.6 is 0 Å². The van der Waals surface area contributed by atoms with Gasteiger partial charge in [-0.2, -0.15) is 5.10 Å². The highest BCUT2D eigenvalue weighted by molar-refractivity contribution is 5.56. The average molecular weight is 271 g/mol. The van der Waals surface area contributed by atoms with Crippen molar-refractivity contribution in [2.75, 3.05) is 25.5 Å². The lowest BCUT2D eigenvalue weighted by Crippen LogP contribution is -2.40. The fourth-order valence-corrected chi connectivity index (χ4v) is 2.74. The molecule has 1 aliphatic heterocycles. The van der Waals surface area contributed by atoms with Gasteiger partial charge in [0.25, 0.3) is 0 Å². The molecule has 0 amide bonds. The number of nitrogens with one attached hydrogen (secondary N) is 1. The van der Waals surface area contributed by atoms with Gasteiger partial charge in [0.1, 0.15) is 0 Å². The monoisotopic (exact) mass is 271 g/mol. The van der Waals surface area contributed by atoms with E-state index >= 15 is 0 Å². The Hall–Kier alpha value is -1.88. The molecule has 0 aromatic carbocycles. The molecule has 1 atom stereocenters. The maximum absolute atomic E-state index is 4.43. The number of rotatable bonds is 4. The van der Waals surface area contributed by atoms with Crippen molar-refractivity contribution in [2.24, 2.45) is 0 Å². The van der Waals surface area contributed by atoms with E-state index in [0.717, 1.165) is 18.1 Å². The van der Waals surface area contributed by atoms with E-state index in [1.165, 1.54) is 25.8 Å². The van der Waals surface area contributed by atoms with Gasteiger partial charge < -0.3 is 10.2 Å². The van der Waals surface area contributed by atoms with Crippen LogP contribution in [0.1, 0.15) is 19.3 Å². The Balaban J connectivity index is 1.71. The van der Waals surface area contributed by atoms with E-state index in [1.54, 1.807) is 17.1 Å². The zero-order valence-corrected chi connectivity index (χ0v) is 11.9. The van der Waals surface area contributed by atoms with Crippen LogP contribution in [-0.4, -0.2) is 45.8 Å². The molecule has 2 aromatic heterocycles. The Labute approximate surface area is 119 Å². The third-order valence-corrected chi connectivity index (χ3v) is 3.96. The Morgan fingerprint density at radius 3 is 3.05 bits per heavy atom. The highest BCUT2D eigenvalue weighted by Gasteiger charge is 2.18. The summed E-state index contributed by atoms with van der Waals surface area (Å²) >= 11 is 0. The minimum atomic E-state index is 0.606. The molecule has 0 aliphatic carbocycles. The highest BCUT2D eigenvalue weighted by atomic mass is 15.3. The predicted molar refractivity (Wildman–Crippen MR) is 80.1 cm³/mol. The molecule has 106 valence electrons. The van der Waals surface area contributed by atoms with Gasteiger partial charge in [-0.05, 0) is 44.6 Å². The first-order chi connectivity index (χ1) is 9.84. The summed E-state index contributed by atoms with van der Waals surface area (Å²) in [4.78, 5) is 6.87. The summed E-state index contributed by atoms with van der Waals surface area (Å²) in [5, 5.41) is 7.80.